The van der Waals surface area contributed by atoms with Gasteiger partial charge in [0.1, 0.15) is 17.8 Å². The number of amides is 3. The predicted octanol–water partition coefficient (Wildman–Crippen LogP) is 1.67. The van der Waals surface area contributed by atoms with Gasteiger partial charge in [0.2, 0.25) is 11.8 Å². The van der Waals surface area contributed by atoms with Crippen molar-refractivity contribution in [3.8, 4) is 17.3 Å². The van der Waals surface area contributed by atoms with Crippen LogP contribution < -0.4 is 10.1 Å². The zero-order chi connectivity index (χ0) is 30.1. The van der Waals surface area contributed by atoms with E-state index in [0.717, 1.165) is 12.8 Å². The molecule has 2 fully saturated rings. The fourth-order valence-electron chi connectivity index (χ4n) is 4.47. The number of carbonyl (C=O) groups excluding carboxylic acids is 3. The largest absolute Gasteiger partial charge is 0.472 e. The molecule has 2 aliphatic heterocycles. The van der Waals surface area contributed by atoms with Gasteiger partial charge in [-0.05, 0) is 6.42 Å². The van der Waals surface area contributed by atoms with E-state index in [1.54, 1.807) is 24.3 Å². The minimum Gasteiger partial charge on any atom is -0.472 e. The lowest BCUT2D eigenvalue weighted by Gasteiger charge is -2.36. The van der Waals surface area contributed by atoms with Crippen molar-refractivity contribution < 1.29 is 42.9 Å². The van der Waals surface area contributed by atoms with Crippen molar-refractivity contribution in [2.45, 2.75) is 38.3 Å². The quantitative estimate of drug-likeness (QED) is 0.250. The Morgan fingerprint density at radius 2 is 1.83 bits per heavy atom. The molecule has 2 atom stereocenters. The Labute approximate surface area is 243 Å². The minimum atomic E-state index is -4.72. The van der Waals surface area contributed by atoms with E-state index in [2.05, 4.69) is 15.3 Å². The summed E-state index contributed by atoms with van der Waals surface area (Å²) < 4.78 is 28.4. The first kappa shape index (κ1) is 31.4. The number of nitrogens with one attached hydrogen (secondary N) is 1. The molecule has 2 aliphatic rings. The fraction of sp³-hybridized carbons (Fsp3) is 0.519. The van der Waals surface area contributed by atoms with Gasteiger partial charge >= 0.3 is 13.7 Å². The summed E-state index contributed by atoms with van der Waals surface area (Å²) in [6.07, 6.45) is 0.636. The molecule has 0 bridgehead atoms. The maximum absolute atomic E-state index is 13.4. The average molecular weight is 606 g/mol. The first-order valence-corrected chi connectivity index (χ1v) is 15.7. The molecule has 0 aliphatic carbocycles. The van der Waals surface area contributed by atoms with E-state index in [0.29, 0.717) is 31.8 Å². The number of hydrogen-bond acceptors (Lipinski definition) is 9. The molecule has 14 nitrogen and oxygen atoms in total. The number of carbonyl (C=O) groups is 3. The van der Waals surface area contributed by atoms with Crippen LogP contribution in [-0.2, 0) is 18.8 Å². The topological polar surface area (TPSA) is 181 Å². The normalized spacial score (nSPS) is 17.9. The maximum atomic E-state index is 13.4. The fourth-order valence-corrected chi connectivity index (χ4v) is 5.20. The zero-order valence-electron chi connectivity index (χ0n) is 23.4. The highest BCUT2D eigenvalue weighted by atomic mass is 31.2. The van der Waals surface area contributed by atoms with E-state index in [1.807, 2.05) is 13.0 Å². The van der Waals surface area contributed by atoms with Gasteiger partial charge in [-0.1, -0.05) is 43.7 Å². The highest BCUT2D eigenvalue weighted by molar-refractivity contribution is 7.51. The molecule has 4 rings (SSSR count). The summed E-state index contributed by atoms with van der Waals surface area (Å²) in [4.78, 5) is 70.0. The Morgan fingerprint density at radius 3 is 2.48 bits per heavy atom. The van der Waals surface area contributed by atoms with Crippen LogP contribution in [0, 0.1) is 0 Å². The Hall–Kier alpha value is -3.58. The zero-order valence-corrected chi connectivity index (χ0v) is 24.3. The first-order chi connectivity index (χ1) is 20.1. The van der Waals surface area contributed by atoms with E-state index >= 15 is 0 Å². The number of aromatic nitrogens is 2. The molecule has 228 valence electrons. The second kappa shape index (κ2) is 14.5. The van der Waals surface area contributed by atoms with Crippen LogP contribution in [-0.4, -0.2) is 112 Å². The van der Waals surface area contributed by atoms with E-state index in [4.69, 9.17) is 14.2 Å². The third-order valence-corrected chi connectivity index (χ3v) is 7.58. The molecule has 3 amide bonds. The molecule has 1 aromatic carbocycles. The number of piperazine rings is 1. The van der Waals surface area contributed by atoms with Crippen molar-refractivity contribution in [3.05, 3.63) is 42.1 Å². The number of hydrogen-bond donors (Lipinski definition) is 3. The Bertz CT molecular complexity index is 1280. The Morgan fingerprint density at radius 1 is 1.12 bits per heavy atom. The van der Waals surface area contributed by atoms with Gasteiger partial charge in [0.15, 0.2) is 5.82 Å². The van der Waals surface area contributed by atoms with Crippen LogP contribution in [0.25, 0.3) is 11.4 Å². The average Bonchev–Trinajstić information content (AvgIpc) is 3.49. The molecular weight excluding hydrogens is 569 g/mol. The lowest BCUT2D eigenvalue weighted by molar-refractivity contribution is -0.134. The van der Waals surface area contributed by atoms with Crippen LogP contribution in [0.15, 0.2) is 36.4 Å². The molecule has 42 heavy (non-hydrogen) atoms. The second-order valence-corrected chi connectivity index (χ2v) is 11.7. The molecule has 3 N–H and O–H groups in total. The van der Waals surface area contributed by atoms with Crippen molar-refractivity contribution in [2.75, 3.05) is 52.2 Å². The molecule has 2 unspecified atom stereocenters. The molecule has 1 aromatic heterocycles. The molecule has 0 radical (unpaired) electrons. The summed E-state index contributed by atoms with van der Waals surface area (Å²) in [5.41, 5.74) is 0.481. The minimum absolute atomic E-state index is 0.113. The monoisotopic (exact) mass is 605 g/mol. The predicted molar refractivity (Wildman–Crippen MR) is 150 cm³/mol. The van der Waals surface area contributed by atoms with Crippen LogP contribution >= 0.6 is 7.60 Å². The maximum Gasteiger partial charge on any atom is 0.409 e. The van der Waals surface area contributed by atoms with Crippen molar-refractivity contribution in [2.24, 2.45) is 0 Å². The molecule has 0 saturated carbocycles. The standard InChI is InChI=1S/C27H36N5O9P/c1-2-3-14-40-27(35)32-12-10-31(11-13-32)26(34)22(18-42(36,37)38)29-25(33)21-16-23(41-20-9-15-39-17-20)30-24(28-21)19-7-5-4-6-8-19/h4-8,16,20,22H,2-3,9-15,17-18H2,1H3,(H,29,33)(H2,36,37,38). The van der Waals surface area contributed by atoms with Crippen molar-refractivity contribution in [3.63, 3.8) is 0 Å². The molecular formula is C27H36N5O9P. The summed E-state index contributed by atoms with van der Waals surface area (Å²) >= 11 is 0. The van der Waals surface area contributed by atoms with Gasteiger partial charge in [-0.15, -0.1) is 0 Å². The van der Waals surface area contributed by atoms with E-state index in [1.165, 1.54) is 15.9 Å². The van der Waals surface area contributed by atoms with Crippen LogP contribution in [0.3, 0.4) is 0 Å². The molecule has 0 spiro atoms. The Kier molecular flexibility index (Phi) is 10.9. The number of benzene rings is 1. The number of unbranched alkanes of at least 4 members (excludes halogenated alkanes) is 1. The Balaban J connectivity index is 1.49. The number of ether oxygens (including phenoxy) is 3. The van der Waals surface area contributed by atoms with Gasteiger partial charge in [0.05, 0.1) is 26.0 Å². The summed E-state index contributed by atoms with van der Waals surface area (Å²) in [7, 11) is -4.72. The third-order valence-electron chi connectivity index (χ3n) is 6.74. The van der Waals surface area contributed by atoms with Crippen molar-refractivity contribution in [1.29, 1.82) is 0 Å². The number of rotatable bonds is 11. The van der Waals surface area contributed by atoms with Crippen LogP contribution in [0.4, 0.5) is 4.79 Å². The highest BCUT2D eigenvalue weighted by Gasteiger charge is 2.35. The summed E-state index contributed by atoms with van der Waals surface area (Å²) in [5.74, 6) is -1.17. The summed E-state index contributed by atoms with van der Waals surface area (Å²) in [6, 6.07) is 8.71. The van der Waals surface area contributed by atoms with E-state index < -0.39 is 37.7 Å². The molecule has 3 heterocycles. The van der Waals surface area contributed by atoms with Gasteiger partial charge in [-0.3, -0.25) is 14.2 Å². The van der Waals surface area contributed by atoms with E-state index in [-0.39, 0.29) is 49.7 Å². The van der Waals surface area contributed by atoms with Crippen LogP contribution in [0.1, 0.15) is 36.7 Å². The molecule has 15 heteroatoms. The van der Waals surface area contributed by atoms with Crippen LogP contribution in [0.2, 0.25) is 0 Å². The highest BCUT2D eigenvalue weighted by Crippen LogP contribution is 2.35. The van der Waals surface area contributed by atoms with Crippen molar-refractivity contribution in [1.82, 2.24) is 25.1 Å². The first-order valence-electron chi connectivity index (χ1n) is 13.9. The van der Waals surface area contributed by atoms with Gasteiger partial charge < -0.3 is 39.1 Å². The SMILES string of the molecule is CCCCOC(=O)N1CCN(C(=O)C(CP(=O)(O)O)NC(=O)c2cc(OC3CCOC3)nc(-c3ccccc3)n2)CC1. The molecule has 2 aromatic rings. The lowest BCUT2D eigenvalue weighted by atomic mass is 10.2. The van der Waals surface area contributed by atoms with Gasteiger partial charge in [-0.25, -0.2) is 9.78 Å². The molecule has 2 saturated heterocycles. The number of nitrogens with zero attached hydrogens (tertiary/aromatic N) is 4. The summed E-state index contributed by atoms with van der Waals surface area (Å²) in [5, 5.41) is 2.46. The smallest absolute Gasteiger partial charge is 0.409 e. The van der Waals surface area contributed by atoms with Crippen LogP contribution in [0.5, 0.6) is 5.88 Å². The second-order valence-electron chi connectivity index (χ2n) is 10.0. The van der Waals surface area contributed by atoms with E-state index in [9.17, 15) is 28.7 Å². The van der Waals surface area contributed by atoms with Gasteiger partial charge in [0, 0.05) is 44.2 Å². The third kappa shape index (κ3) is 8.96. The van der Waals surface area contributed by atoms with Gasteiger partial charge in [0.25, 0.3) is 5.91 Å². The lowest BCUT2D eigenvalue weighted by Crippen LogP contribution is -2.56. The van der Waals surface area contributed by atoms with Crippen molar-refractivity contribution >= 4 is 25.5 Å². The summed E-state index contributed by atoms with van der Waals surface area (Å²) in [6.45, 7) is 3.79. The van der Waals surface area contributed by atoms with Gasteiger partial charge in [-0.2, -0.15) is 4.98 Å².